The third-order valence-electron chi connectivity index (χ3n) is 2.75. The molecule has 0 bridgehead atoms. The minimum atomic E-state index is 0.519. The van der Waals surface area contributed by atoms with Crippen molar-refractivity contribution in [2.24, 2.45) is 0 Å². The molecule has 18 heavy (non-hydrogen) atoms. The molecule has 1 N–H and O–H groups in total. The van der Waals surface area contributed by atoms with E-state index >= 15 is 0 Å². The van der Waals surface area contributed by atoms with Gasteiger partial charge in [0, 0.05) is 22.3 Å². The molecule has 0 fully saturated rings. The second kappa shape index (κ2) is 4.46. The van der Waals surface area contributed by atoms with E-state index in [4.69, 9.17) is 16.1 Å². The number of nitrogens with zero attached hydrogens (tertiary/aromatic N) is 2. The lowest BCUT2D eigenvalue weighted by Crippen LogP contribution is -1.85. The summed E-state index contributed by atoms with van der Waals surface area (Å²) in [6.45, 7) is 2.08. The van der Waals surface area contributed by atoms with Crippen molar-refractivity contribution in [2.75, 3.05) is 0 Å². The number of halogens is 1. The normalized spacial score (nSPS) is 11.2. The van der Waals surface area contributed by atoms with Gasteiger partial charge in [-0.25, -0.2) is 0 Å². The summed E-state index contributed by atoms with van der Waals surface area (Å²) in [5.74, 6) is 1.26. The van der Waals surface area contributed by atoms with Crippen LogP contribution in [-0.2, 0) is 6.42 Å². The predicted molar refractivity (Wildman–Crippen MR) is 70.6 cm³/mol. The van der Waals surface area contributed by atoms with E-state index in [9.17, 15) is 0 Å². The molecule has 4 nitrogen and oxygen atoms in total. The highest BCUT2D eigenvalue weighted by Gasteiger charge is 2.11. The van der Waals surface area contributed by atoms with Crippen molar-refractivity contribution in [1.82, 2.24) is 15.1 Å². The summed E-state index contributed by atoms with van der Waals surface area (Å²) in [4.78, 5) is 7.59. The average Bonchev–Trinajstić information content (AvgIpc) is 2.94. The Labute approximate surface area is 109 Å². The smallest absolute Gasteiger partial charge is 0.274 e. The first-order valence-corrected chi connectivity index (χ1v) is 6.25. The van der Waals surface area contributed by atoms with Gasteiger partial charge in [-0.15, -0.1) is 0 Å². The van der Waals surface area contributed by atoms with Gasteiger partial charge in [-0.3, -0.25) is 0 Å². The van der Waals surface area contributed by atoms with Crippen molar-refractivity contribution in [3.8, 4) is 11.6 Å². The van der Waals surface area contributed by atoms with Gasteiger partial charge in [0.05, 0.1) is 0 Å². The third kappa shape index (κ3) is 1.99. The molecule has 0 atom stereocenters. The Hall–Kier alpha value is -1.81. The van der Waals surface area contributed by atoms with Gasteiger partial charge in [0.1, 0.15) is 5.69 Å². The number of aromatic amines is 1. The Morgan fingerprint density at radius 2 is 2.22 bits per heavy atom. The van der Waals surface area contributed by atoms with Crippen LogP contribution in [-0.4, -0.2) is 15.1 Å². The van der Waals surface area contributed by atoms with Gasteiger partial charge in [0.2, 0.25) is 0 Å². The number of rotatable bonds is 3. The van der Waals surface area contributed by atoms with Crippen molar-refractivity contribution in [2.45, 2.75) is 19.8 Å². The highest BCUT2D eigenvalue weighted by Crippen LogP contribution is 2.25. The number of H-pyrrole nitrogens is 1. The zero-order valence-electron chi connectivity index (χ0n) is 9.90. The van der Waals surface area contributed by atoms with E-state index in [0.717, 1.165) is 35.3 Å². The summed E-state index contributed by atoms with van der Waals surface area (Å²) in [7, 11) is 0. The molecule has 0 saturated carbocycles. The molecule has 0 aliphatic carbocycles. The predicted octanol–water partition coefficient (Wildman–Crippen LogP) is 3.82. The van der Waals surface area contributed by atoms with Gasteiger partial charge in [0.15, 0.2) is 5.82 Å². The Bertz CT molecular complexity index is 686. The topological polar surface area (TPSA) is 54.7 Å². The van der Waals surface area contributed by atoms with Crippen LogP contribution in [0.4, 0.5) is 0 Å². The minimum Gasteiger partial charge on any atom is -0.351 e. The first-order valence-electron chi connectivity index (χ1n) is 5.87. The van der Waals surface area contributed by atoms with Gasteiger partial charge >= 0.3 is 0 Å². The number of benzene rings is 1. The van der Waals surface area contributed by atoms with Gasteiger partial charge in [0.25, 0.3) is 5.89 Å². The van der Waals surface area contributed by atoms with E-state index in [1.54, 1.807) is 0 Å². The molecular formula is C13H12ClN3O. The number of hydrogen-bond acceptors (Lipinski definition) is 3. The van der Waals surface area contributed by atoms with Crippen LogP contribution in [0.3, 0.4) is 0 Å². The first kappa shape index (κ1) is 11.3. The largest absolute Gasteiger partial charge is 0.351 e. The van der Waals surface area contributed by atoms with Gasteiger partial charge in [-0.05, 0) is 30.7 Å². The van der Waals surface area contributed by atoms with Crippen molar-refractivity contribution in [1.29, 1.82) is 0 Å². The fraction of sp³-hybridized carbons (Fsp3) is 0.231. The van der Waals surface area contributed by atoms with Crippen LogP contribution in [0, 0.1) is 0 Å². The molecule has 1 aromatic carbocycles. The van der Waals surface area contributed by atoms with E-state index in [2.05, 4.69) is 22.0 Å². The van der Waals surface area contributed by atoms with Gasteiger partial charge in [-0.2, -0.15) is 4.98 Å². The lowest BCUT2D eigenvalue weighted by molar-refractivity contribution is 0.421. The Balaban J connectivity index is 2.02. The van der Waals surface area contributed by atoms with E-state index in [1.807, 2.05) is 24.3 Å². The van der Waals surface area contributed by atoms with E-state index in [0.29, 0.717) is 10.9 Å². The van der Waals surface area contributed by atoms with E-state index in [-0.39, 0.29) is 0 Å². The highest BCUT2D eigenvalue weighted by atomic mass is 35.5. The molecule has 0 saturated heterocycles. The molecule has 2 heterocycles. The summed E-state index contributed by atoms with van der Waals surface area (Å²) in [6, 6.07) is 7.65. The lowest BCUT2D eigenvalue weighted by Gasteiger charge is -1.88. The number of fused-ring (bicyclic) bond motifs is 1. The van der Waals surface area contributed by atoms with E-state index < -0.39 is 0 Å². The standard InChI is InChI=1S/C13H12ClN3O/c1-2-3-12-16-13(18-17-12)11-7-8-6-9(14)4-5-10(8)15-11/h4-7,15H,2-3H2,1H3. The van der Waals surface area contributed by atoms with Gasteiger partial charge in [-0.1, -0.05) is 23.7 Å². The highest BCUT2D eigenvalue weighted by molar-refractivity contribution is 6.31. The van der Waals surface area contributed by atoms with Crippen LogP contribution in [0.2, 0.25) is 5.02 Å². The molecule has 0 radical (unpaired) electrons. The van der Waals surface area contributed by atoms with E-state index in [1.165, 1.54) is 0 Å². The number of aromatic nitrogens is 3. The second-order valence-corrected chi connectivity index (χ2v) is 4.62. The number of hydrogen-bond donors (Lipinski definition) is 1. The fourth-order valence-corrected chi connectivity index (χ4v) is 2.09. The molecule has 0 spiro atoms. The van der Waals surface area contributed by atoms with Crippen molar-refractivity contribution in [3.05, 3.63) is 35.1 Å². The summed E-state index contributed by atoms with van der Waals surface area (Å²) in [5.41, 5.74) is 1.83. The molecule has 3 aromatic rings. The summed E-state index contributed by atoms with van der Waals surface area (Å²) in [5, 5.41) is 5.69. The van der Waals surface area contributed by atoms with Crippen molar-refractivity contribution in [3.63, 3.8) is 0 Å². The summed E-state index contributed by atoms with van der Waals surface area (Å²) in [6.07, 6.45) is 1.83. The van der Waals surface area contributed by atoms with Crippen molar-refractivity contribution < 1.29 is 4.52 Å². The summed E-state index contributed by atoms with van der Waals surface area (Å²) >= 11 is 5.95. The molecule has 2 aromatic heterocycles. The zero-order valence-corrected chi connectivity index (χ0v) is 10.7. The maximum atomic E-state index is 5.95. The van der Waals surface area contributed by atoms with Crippen LogP contribution in [0.25, 0.3) is 22.5 Å². The van der Waals surface area contributed by atoms with Crippen molar-refractivity contribution >= 4 is 22.5 Å². The quantitative estimate of drug-likeness (QED) is 0.780. The monoisotopic (exact) mass is 261 g/mol. The number of nitrogens with one attached hydrogen (secondary N) is 1. The molecule has 92 valence electrons. The molecular weight excluding hydrogens is 250 g/mol. The minimum absolute atomic E-state index is 0.519. The van der Waals surface area contributed by atoms with Crippen LogP contribution >= 0.6 is 11.6 Å². The van der Waals surface area contributed by atoms with Crippen LogP contribution in [0.1, 0.15) is 19.2 Å². The number of aryl methyl sites for hydroxylation is 1. The molecule has 0 unspecified atom stereocenters. The Kier molecular flexibility index (Phi) is 2.80. The Morgan fingerprint density at radius 3 is 3.06 bits per heavy atom. The maximum absolute atomic E-state index is 5.95. The third-order valence-corrected chi connectivity index (χ3v) is 2.99. The molecule has 0 aliphatic heterocycles. The second-order valence-electron chi connectivity index (χ2n) is 4.18. The molecule has 0 amide bonds. The molecule has 0 aliphatic rings. The van der Waals surface area contributed by atoms with Crippen LogP contribution in [0.5, 0.6) is 0 Å². The average molecular weight is 262 g/mol. The van der Waals surface area contributed by atoms with Gasteiger partial charge < -0.3 is 9.51 Å². The maximum Gasteiger partial charge on any atom is 0.274 e. The van der Waals surface area contributed by atoms with Crippen LogP contribution in [0.15, 0.2) is 28.8 Å². The fourth-order valence-electron chi connectivity index (χ4n) is 1.91. The lowest BCUT2D eigenvalue weighted by atomic mass is 10.2. The molecule has 3 rings (SSSR count). The Morgan fingerprint density at radius 1 is 1.33 bits per heavy atom. The van der Waals surface area contributed by atoms with Crippen LogP contribution < -0.4 is 0 Å². The summed E-state index contributed by atoms with van der Waals surface area (Å²) < 4.78 is 5.24. The molecule has 5 heteroatoms. The SMILES string of the molecule is CCCc1noc(-c2cc3cc(Cl)ccc3[nH]2)n1. The first-order chi connectivity index (χ1) is 8.76. The zero-order chi connectivity index (χ0) is 12.5.